The monoisotopic (exact) mass is 493 g/mol. The summed E-state index contributed by atoms with van der Waals surface area (Å²) in [4.78, 5) is 15.5. The smallest absolute Gasteiger partial charge is 0.258 e. The van der Waals surface area contributed by atoms with Crippen LogP contribution in [0.3, 0.4) is 0 Å². The number of carbonyl (C=O) groups is 1. The molecule has 1 aliphatic heterocycles. The summed E-state index contributed by atoms with van der Waals surface area (Å²) in [5.41, 5.74) is 1.98. The molecule has 6 nitrogen and oxygen atoms in total. The molecule has 3 aromatic rings. The number of para-hydroxylation sites is 1. The van der Waals surface area contributed by atoms with Crippen molar-refractivity contribution in [1.29, 1.82) is 0 Å². The van der Waals surface area contributed by atoms with Crippen LogP contribution in [-0.2, 0) is 17.7 Å². The largest absolute Gasteiger partial charge is 0.493 e. The van der Waals surface area contributed by atoms with Crippen LogP contribution in [0.2, 0.25) is 0 Å². The van der Waals surface area contributed by atoms with Crippen LogP contribution in [0, 0.1) is 5.82 Å². The molecule has 0 unspecified atom stereocenters. The van der Waals surface area contributed by atoms with Gasteiger partial charge in [-0.15, -0.1) is 0 Å². The molecule has 1 fully saturated rings. The maximum absolute atomic E-state index is 13.9. The molecule has 4 rings (SSSR count). The van der Waals surface area contributed by atoms with Gasteiger partial charge in [0, 0.05) is 26.1 Å². The van der Waals surface area contributed by atoms with E-state index in [1.807, 2.05) is 30.3 Å². The Bertz CT molecular complexity index is 1160. The lowest BCUT2D eigenvalue weighted by atomic mass is 10.1. The molecule has 190 valence electrons. The summed E-state index contributed by atoms with van der Waals surface area (Å²) in [6.07, 6.45) is 2.36. The van der Waals surface area contributed by atoms with E-state index < -0.39 is 0 Å². The Morgan fingerprint density at radius 2 is 1.89 bits per heavy atom. The van der Waals surface area contributed by atoms with E-state index in [0.717, 1.165) is 18.4 Å². The van der Waals surface area contributed by atoms with Gasteiger partial charge in [-0.1, -0.05) is 36.4 Å². The Hall–Kier alpha value is -3.58. The van der Waals surface area contributed by atoms with Crippen LogP contribution in [0.4, 0.5) is 4.39 Å². The van der Waals surface area contributed by atoms with Crippen molar-refractivity contribution in [2.24, 2.45) is 0 Å². The second-order valence-corrected chi connectivity index (χ2v) is 8.70. The van der Waals surface area contributed by atoms with Crippen molar-refractivity contribution in [1.82, 2.24) is 4.90 Å². The molecular formula is C29H32FNO5. The summed E-state index contributed by atoms with van der Waals surface area (Å²) >= 11 is 0. The van der Waals surface area contributed by atoms with Crippen LogP contribution in [0.25, 0.3) is 0 Å². The summed E-state index contributed by atoms with van der Waals surface area (Å²) in [5, 5.41) is 0. The number of methoxy groups -OCH3 is 2. The minimum Gasteiger partial charge on any atom is -0.493 e. The topological polar surface area (TPSA) is 57.2 Å². The van der Waals surface area contributed by atoms with Crippen molar-refractivity contribution in [3.63, 3.8) is 0 Å². The van der Waals surface area contributed by atoms with E-state index in [2.05, 4.69) is 0 Å². The number of amides is 1. The van der Waals surface area contributed by atoms with Crippen LogP contribution in [0.1, 0.15) is 34.3 Å². The zero-order chi connectivity index (χ0) is 25.3. The van der Waals surface area contributed by atoms with Crippen LogP contribution >= 0.6 is 0 Å². The normalized spacial score (nSPS) is 14.9. The minimum absolute atomic E-state index is 0.00856. The zero-order valence-electron chi connectivity index (χ0n) is 20.7. The number of halogens is 1. The molecule has 0 spiro atoms. The number of nitrogens with zero attached hydrogens (tertiary/aromatic N) is 1. The van der Waals surface area contributed by atoms with Crippen molar-refractivity contribution in [3.05, 3.63) is 89.2 Å². The van der Waals surface area contributed by atoms with Gasteiger partial charge in [-0.3, -0.25) is 4.79 Å². The second-order valence-electron chi connectivity index (χ2n) is 8.70. The highest BCUT2D eigenvalue weighted by molar-refractivity contribution is 5.97. The number of hydrogen-bond acceptors (Lipinski definition) is 5. The molecule has 0 bridgehead atoms. The first-order valence-electron chi connectivity index (χ1n) is 12.2. The van der Waals surface area contributed by atoms with Gasteiger partial charge in [-0.05, 0) is 54.3 Å². The standard InChI is InChI=1S/C29H32FNO5/c1-33-27-14-6-12-25(28(27)34-2)29(32)31(20-24-11-7-16-35-24)19-21-8-5-10-23(18-21)36-17-15-22-9-3-4-13-26(22)30/h3-6,8-10,12-14,18,24H,7,11,15-17,19-20H2,1-2H3/t24-/m0/s1. The third-order valence-electron chi connectivity index (χ3n) is 6.24. The Balaban J connectivity index is 1.49. The first-order chi connectivity index (χ1) is 17.6. The average Bonchev–Trinajstić information content (AvgIpc) is 3.42. The van der Waals surface area contributed by atoms with Crippen LogP contribution in [0.5, 0.6) is 17.2 Å². The molecule has 1 heterocycles. The summed E-state index contributed by atoms with van der Waals surface area (Å²) in [6, 6.07) is 19.6. The van der Waals surface area contributed by atoms with E-state index >= 15 is 0 Å². The van der Waals surface area contributed by atoms with E-state index in [1.165, 1.54) is 13.2 Å². The molecule has 1 aliphatic rings. The van der Waals surface area contributed by atoms with E-state index in [9.17, 15) is 9.18 Å². The number of hydrogen-bond donors (Lipinski definition) is 0. The van der Waals surface area contributed by atoms with Crippen molar-refractivity contribution in [3.8, 4) is 17.2 Å². The molecular weight excluding hydrogens is 461 g/mol. The molecule has 1 atom stereocenters. The number of carbonyl (C=O) groups excluding carboxylic acids is 1. The zero-order valence-corrected chi connectivity index (χ0v) is 20.7. The number of rotatable bonds is 11. The Kier molecular flexibility index (Phi) is 8.79. The first-order valence-corrected chi connectivity index (χ1v) is 12.2. The summed E-state index contributed by atoms with van der Waals surface area (Å²) < 4.78 is 36.5. The second kappa shape index (κ2) is 12.4. The maximum Gasteiger partial charge on any atom is 0.258 e. The third-order valence-corrected chi connectivity index (χ3v) is 6.24. The fourth-order valence-corrected chi connectivity index (χ4v) is 4.41. The molecule has 0 N–H and O–H groups in total. The van der Waals surface area contributed by atoms with Gasteiger partial charge in [0.1, 0.15) is 11.6 Å². The fraction of sp³-hybridized carbons (Fsp3) is 0.345. The quantitative estimate of drug-likeness (QED) is 0.364. The van der Waals surface area contributed by atoms with Crippen molar-refractivity contribution in [2.45, 2.75) is 31.9 Å². The van der Waals surface area contributed by atoms with Gasteiger partial charge in [0.15, 0.2) is 11.5 Å². The lowest BCUT2D eigenvalue weighted by Crippen LogP contribution is -2.37. The third kappa shape index (κ3) is 6.34. The molecule has 7 heteroatoms. The fourth-order valence-electron chi connectivity index (χ4n) is 4.41. The maximum atomic E-state index is 13.9. The lowest BCUT2D eigenvalue weighted by Gasteiger charge is -2.27. The molecule has 3 aromatic carbocycles. The average molecular weight is 494 g/mol. The summed E-state index contributed by atoms with van der Waals surface area (Å²) in [7, 11) is 3.08. The van der Waals surface area contributed by atoms with Gasteiger partial charge in [0.05, 0.1) is 32.5 Å². The first kappa shape index (κ1) is 25.5. The molecule has 1 saturated heterocycles. The number of ether oxygens (including phenoxy) is 4. The minimum atomic E-state index is -0.230. The molecule has 36 heavy (non-hydrogen) atoms. The predicted octanol–water partition coefficient (Wildman–Crippen LogP) is 5.29. The summed E-state index contributed by atoms with van der Waals surface area (Å²) in [5.74, 6) is 1.20. The Morgan fingerprint density at radius 3 is 2.64 bits per heavy atom. The van der Waals surface area contributed by atoms with Crippen LogP contribution in [-0.4, -0.2) is 50.9 Å². The van der Waals surface area contributed by atoms with Gasteiger partial charge < -0.3 is 23.8 Å². The van der Waals surface area contributed by atoms with E-state index in [4.69, 9.17) is 18.9 Å². The molecule has 0 saturated carbocycles. The van der Waals surface area contributed by atoms with Gasteiger partial charge in [0.25, 0.3) is 5.91 Å². The van der Waals surface area contributed by atoms with Gasteiger partial charge in [0.2, 0.25) is 0 Å². The van der Waals surface area contributed by atoms with Crippen LogP contribution < -0.4 is 14.2 Å². The van der Waals surface area contributed by atoms with Gasteiger partial charge in [-0.25, -0.2) is 4.39 Å². The highest BCUT2D eigenvalue weighted by Crippen LogP contribution is 2.32. The molecule has 0 aliphatic carbocycles. The predicted molar refractivity (Wildman–Crippen MR) is 135 cm³/mol. The van der Waals surface area contributed by atoms with Crippen molar-refractivity contribution >= 4 is 5.91 Å². The Labute approximate surface area is 211 Å². The summed E-state index contributed by atoms with van der Waals surface area (Å²) in [6.45, 7) is 1.91. The molecule has 1 amide bonds. The molecule has 0 radical (unpaired) electrons. The van der Waals surface area contributed by atoms with E-state index in [0.29, 0.717) is 61.1 Å². The SMILES string of the molecule is COc1cccc(C(=O)N(Cc2cccc(OCCc3ccccc3F)c2)C[C@@H]2CCCO2)c1OC. The van der Waals surface area contributed by atoms with Gasteiger partial charge >= 0.3 is 0 Å². The number of benzene rings is 3. The van der Waals surface area contributed by atoms with Gasteiger partial charge in [-0.2, -0.15) is 0 Å². The highest BCUT2D eigenvalue weighted by Gasteiger charge is 2.26. The van der Waals surface area contributed by atoms with Crippen molar-refractivity contribution < 1.29 is 28.1 Å². The van der Waals surface area contributed by atoms with Crippen LogP contribution in [0.15, 0.2) is 66.7 Å². The molecule has 0 aromatic heterocycles. The highest BCUT2D eigenvalue weighted by atomic mass is 19.1. The Morgan fingerprint density at radius 1 is 1.06 bits per heavy atom. The van der Waals surface area contributed by atoms with E-state index in [-0.39, 0.29) is 17.8 Å². The lowest BCUT2D eigenvalue weighted by molar-refractivity contribution is 0.0504. The van der Waals surface area contributed by atoms with Crippen molar-refractivity contribution in [2.75, 3.05) is 34.0 Å². The van der Waals surface area contributed by atoms with E-state index in [1.54, 1.807) is 42.3 Å².